The number of carbonyl (C=O) groups excluding carboxylic acids is 1. The molecule has 0 aliphatic heterocycles. The van der Waals surface area contributed by atoms with Crippen molar-refractivity contribution in [1.29, 1.82) is 0 Å². The van der Waals surface area contributed by atoms with E-state index in [2.05, 4.69) is 19.6 Å². The van der Waals surface area contributed by atoms with Crippen LogP contribution in [-0.4, -0.2) is 24.9 Å². The number of carbonyl (C=O) groups is 1. The lowest BCUT2D eigenvalue weighted by molar-refractivity contribution is 0.0323. The van der Waals surface area contributed by atoms with Gasteiger partial charge in [-0.25, -0.2) is 4.79 Å². The van der Waals surface area contributed by atoms with E-state index in [0.29, 0.717) is 12.0 Å². The molecule has 0 fully saturated rings. The molecule has 1 N–H and O–H groups in total. The van der Waals surface area contributed by atoms with Crippen LogP contribution < -0.4 is 0 Å². The first kappa shape index (κ1) is 21.3. The highest BCUT2D eigenvalue weighted by Crippen LogP contribution is 2.31. The highest BCUT2D eigenvalue weighted by Gasteiger charge is 2.33. The maximum Gasteiger partial charge on any atom is 0.338 e. The lowest BCUT2D eigenvalue weighted by Crippen LogP contribution is -2.42. The molecular weight excluding hydrogens is 400 g/mol. The number of hydrogen-bond donors (Lipinski definition) is 1. The van der Waals surface area contributed by atoms with E-state index in [1.807, 2.05) is 84.9 Å². The molecule has 4 aromatic rings. The van der Waals surface area contributed by atoms with Gasteiger partial charge in [-0.05, 0) is 33.2 Å². The SMILES string of the molecule is C[Si](C)(C)[C@H](C[C@H](O)c1cccc2ccccc12)OC(=O)c1cccc2ccccc12. The van der Waals surface area contributed by atoms with E-state index in [1.54, 1.807) is 0 Å². The molecule has 4 rings (SSSR count). The van der Waals surface area contributed by atoms with Gasteiger partial charge in [0.15, 0.2) is 0 Å². The number of ether oxygens (including phenoxy) is 1. The van der Waals surface area contributed by atoms with Crippen molar-refractivity contribution in [3.05, 3.63) is 96.1 Å². The molecule has 31 heavy (non-hydrogen) atoms. The van der Waals surface area contributed by atoms with Crippen molar-refractivity contribution in [3.63, 3.8) is 0 Å². The summed E-state index contributed by atoms with van der Waals surface area (Å²) in [5.74, 6) is -0.325. The Labute approximate surface area is 184 Å². The Morgan fingerprint density at radius 2 is 1.35 bits per heavy atom. The predicted molar refractivity (Wildman–Crippen MR) is 130 cm³/mol. The summed E-state index contributed by atoms with van der Waals surface area (Å²) in [4.78, 5) is 13.2. The average Bonchev–Trinajstić information content (AvgIpc) is 2.77. The third-order valence-electron chi connectivity index (χ3n) is 5.84. The average molecular weight is 429 g/mol. The minimum absolute atomic E-state index is 0.312. The van der Waals surface area contributed by atoms with E-state index in [4.69, 9.17) is 4.74 Å². The number of aliphatic hydroxyl groups is 1. The second-order valence-corrected chi connectivity index (χ2v) is 14.5. The fourth-order valence-corrected chi connectivity index (χ4v) is 5.44. The molecule has 2 atom stereocenters. The van der Waals surface area contributed by atoms with Gasteiger partial charge in [0, 0.05) is 6.42 Å². The molecule has 0 saturated heterocycles. The fraction of sp³-hybridized carbons (Fsp3) is 0.222. The first-order chi connectivity index (χ1) is 14.8. The van der Waals surface area contributed by atoms with Gasteiger partial charge >= 0.3 is 5.97 Å². The van der Waals surface area contributed by atoms with E-state index < -0.39 is 14.2 Å². The highest BCUT2D eigenvalue weighted by atomic mass is 28.3. The van der Waals surface area contributed by atoms with E-state index >= 15 is 0 Å². The van der Waals surface area contributed by atoms with Crippen LogP contribution in [-0.2, 0) is 4.74 Å². The Hall–Kier alpha value is -2.95. The summed E-state index contributed by atoms with van der Waals surface area (Å²) in [7, 11) is -1.92. The number of aliphatic hydroxyl groups excluding tert-OH is 1. The number of fused-ring (bicyclic) bond motifs is 2. The van der Waals surface area contributed by atoms with Crippen LogP contribution in [0.25, 0.3) is 21.5 Å². The van der Waals surface area contributed by atoms with E-state index in [0.717, 1.165) is 27.1 Å². The van der Waals surface area contributed by atoms with E-state index in [9.17, 15) is 9.90 Å². The van der Waals surface area contributed by atoms with Gasteiger partial charge in [0.05, 0.1) is 25.5 Å². The Kier molecular flexibility index (Phi) is 5.94. The van der Waals surface area contributed by atoms with Crippen LogP contribution in [0.3, 0.4) is 0 Å². The van der Waals surface area contributed by atoms with Gasteiger partial charge in [-0.2, -0.15) is 0 Å². The van der Waals surface area contributed by atoms with Gasteiger partial charge in [0.1, 0.15) is 0 Å². The first-order valence-corrected chi connectivity index (χ1v) is 14.3. The zero-order valence-corrected chi connectivity index (χ0v) is 19.2. The smallest absolute Gasteiger partial charge is 0.338 e. The predicted octanol–water partition coefficient (Wildman–Crippen LogP) is 6.52. The van der Waals surface area contributed by atoms with Gasteiger partial charge < -0.3 is 9.84 Å². The van der Waals surface area contributed by atoms with Crippen LogP contribution in [0.2, 0.25) is 19.6 Å². The third kappa shape index (κ3) is 4.55. The topological polar surface area (TPSA) is 46.5 Å². The molecule has 4 aromatic carbocycles. The quantitative estimate of drug-likeness (QED) is 0.281. The molecule has 4 heteroatoms. The molecule has 0 heterocycles. The molecule has 0 bridgehead atoms. The Bertz CT molecular complexity index is 1220. The minimum Gasteiger partial charge on any atom is -0.463 e. The Morgan fingerprint density at radius 3 is 2.03 bits per heavy atom. The molecule has 0 radical (unpaired) electrons. The molecule has 0 spiro atoms. The minimum atomic E-state index is -1.92. The molecule has 0 aliphatic rings. The third-order valence-corrected chi connectivity index (χ3v) is 8.13. The van der Waals surface area contributed by atoms with Crippen LogP contribution in [0.4, 0.5) is 0 Å². The number of rotatable bonds is 6. The van der Waals surface area contributed by atoms with Crippen molar-refractivity contribution in [2.45, 2.75) is 37.9 Å². The molecule has 158 valence electrons. The van der Waals surface area contributed by atoms with Crippen LogP contribution in [0.15, 0.2) is 84.9 Å². The monoisotopic (exact) mass is 428 g/mol. The number of benzene rings is 4. The van der Waals surface area contributed by atoms with Gasteiger partial charge in [-0.3, -0.25) is 0 Å². The molecule has 3 nitrogen and oxygen atoms in total. The van der Waals surface area contributed by atoms with Gasteiger partial charge in [0.25, 0.3) is 0 Å². The van der Waals surface area contributed by atoms with Crippen LogP contribution in [0.1, 0.15) is 28.4 Å². The lowest BCUT2D eigenvalue weighted by Gasteiger charge is -2.31. The largest absolute Gasteiger partial charge is 0.463 e. The van der Waals surface area contributed by atoms with Crippen molar-refractivity contribution in [2.75, 3.05) is 0 Å². The van der Waals surface area contributed by atoms with Crippen LogP contribution >= 0.6 is 0 Å². The molecule has 0 aliphatic carbocycles. The highest BCUT2D eigenvalue weighted by molar-refractivity contribution is 6.77. The van der Waals surface area contributed by atoms with Crippen LogP contribution in [0, 0.1) is 0 Å². The summed E-state index contributed by atoms with van der Waals surface area (Å²) < 4.78 is 6.08. The summed E-state index contributed by atoms with van der Waals surface area (Å²) in [6.45, 7) is 6.51. The molecule has 0 saturated carbocycles. The maximum atomic E-state index is 13.2. The van der Waals surface area contributed by atoms with Crippen molar-refractivity contribution in [2.24, 2.45) is 0 Å². The molecule has 0 amide bonds. The Morgan fingerprint density at radius 1 is 0.806 bits per heavy atom. The summed E-state index contributed by atoms with van der Waals surface area (Å²) in [5.41, 5.74) is 1.14. The van der Waals surface area contributed by atoms with Gasteiger partial charge in [0.2, 0.25) is 0 Å². The van der Waals surface area contributed by atoms with Gasteiger partial charge in [-0.15, -0.1) is 0 Å². The van der Waals surface area contributed by atoms with Gasteiger partial charge in [-0.1, -0.05) is 98.5 Å². The lowest BCUT2D eigenvalue weighted by atomic mass is 9.99. The molecule has 0 aromatic heterocycles. The number of hydrogen-bond acceptors (Lipinski definition) is 3. The summed E-state index contributed by atoms with van der Waals surface area (Å²) in [6.07, 6.45) is -0.316. The fourth-order valence-electron chi connectivity index (χ4n) is 4.05. The van der Waals surface area contributed by atoms with Crippen LogP contribution in [0.5, 0.6) is 0 Å². The molecule has 0 unspecified atom stereocenters. The second kappa shape index (κ2) is 8.65. The Balaban J connectivity index is 1.61. The summed E-state index contributed by atoms with van der Waals surface area (Å²) in [6, 6.07) is 27.5. The zero-order chi connectivity index (χ0) is 22.0. The van der Waals surface area contributed by atoms with Crippen molar-refractivity contribution < 1.29 is 14.6 Å². The van der Waals surface area contributed by atoms with Crippen molar-refractivity contribution in [3.8, 4) is 0 Å². The second-order valence-electron chi connectivity index (χ2n) is 9.11. The van der Waals surface area contributed by atoms with E-state index in [-0.39, 0.29) is 11.7 Å². The standard InChI is InChI=1S/C27H28O3Si/c1-31(2,3)26(18-25(28)23-16-8-12-19-10-4-6-14-21(19)23)30-27(29)24-17-9-13-20-11-5-7-15-22(20)24/h4-17,25-26,28H,18H2,1-3H3/t25-,26+/m0/s1. The zero-order valence-electron chi connectivity index (χ0n) is 18.2. The first-order valence-electron chi connectivity index (χ1n) is 10.7. The summed E-state index contributed by atoms with van der Waals surface area (Å²) in [5, 5.41) is 15.2. The van der Waals surface area contributed by atoms with E-state index in [1.165, 1.54) is 0 Å². The number of esters is 1. The van der Waals surface area contributed by atoms with Crippen molar-refractivity contribution in [1.82, 2.24) is 0 Å². The van der Waals surface area contributed by atoms with Crippen molar-refractivity contribution >= 4 is 35.6 Å². The maximum absolute atomic E-state index is 13.2. The normalized spacial score (nSPS) is 13.8. The molecular formula is C27H28O3Si. The summed E-state index contributed by atoms with van der Waals surface area (Å²) >= 11 is 0.